The van der Waals surface area contributed by atoms with Gasteiger partial charge < -0.3 is 4.90 Å². The van der Waals surface area contributed by atoms with Crippen LogP contribution in [0.15, 0.2) is 11.3 Å². The lowest BCUT2D eigenvalue weighted by Crippen LogP contribution is -2.40. The van der Waals surface area contributed by atoms with E-state index in [0.29, 0.717) is 6.54 Å². The summed E-state index contributed by atoms with van der Waals surface area (Å²) in [7, 11) is 0. The second-order valence-corrected chi connectivity index (χ2v) is 7.01. The zero-order valence-electron chi connectivity index (χ0n) is 12.6. The topological polar surface area (TPSA) is 20.3 Å². The van der Waals surface area contributed by atoms with Gasteiger partial charge in [0.1, 0.15) is 5.88 Å². The predicted molar refractivity (Wildman–Crippen MR) is 77.6 cm³/mol. The average molecular weight is 272 g/mol. The van der Waals surface area contributed by atoms with Crippen LogP contribution in [-0.2, 0) is 4.79 Å². The molecule has 0 spiro atoms. The van der Waals surface area contributed by atoms with Crippen LogP contribution in [0.4, 0.5) is 0 Å². The Bertz CT molecular complexity index is 369. The van der Waals surface area contributed by atoms with Crippen molar-refractivity contribution in [1.29, 1.82) is 0 Å². The van der Waals surface area contributed by atoms with Crippen molar-refractivity contribution in [2.45, 2.75) is 54.4 Å². The molecule has 0 aromatic heterocycles. The molecule has 0 N–H and O–H groups in total. The Labute approximate surface area is 116 Å². The molecular formula is C15H26ClNO. The lowest BCUT2D eigenvalue weighted by atomic mass is 9.64. The lowest BCUT2D eigenvalue weighted by Gasteiger charge is -2.45. The Balaban J connectivity index is 3.22. The van der Waals surface area contributed by atoms with Crippen LogP contribution in [-0.4, -0.2) is 23.2 Å². The fourth-order valence-electron chi connectivity index (χ4n) is 3.26. The van der Waals surface area contributed by atoms with Gasteiger partial charge in [0.2, 0.25) is 5.91 Å². The smallest absolute Gasteiger partial charge is 0.241 e. The molecular weight excluding hydrogens is 246 g/mol. The Hall–Kier alpha value is -0.500. The van der Waals surface area contributed by atoms with Crippen LogP contribution in [0, 0.1) is 10.8 Å². The minimum absolute atomic E-state index is 0.0158. The van der Waals surface area contributed by atoms with Crippen molar-refractivity contribution in [3.05, 3.63) is 11.3 Å². The molecule has 0 aromatic rings. The third-order valence-electron chi connectivity index (χ3n) is 4.07. The van der Waals surface area contributed by atoms with Crippen LogP contribution in [0.5, 0.6) is 0 Å². The summed E-state index contributed by atoms with van der Waals surface area (Å²) in [5, 5.41) is 0. The molecule has 0 radical (unpaired) electrons. The highest BCUT2D eigenvalue weighted by atomic mass is 35.5. The van der Waals surface area contributed by atoms with Crippen molar-refractivity contribution in [1.82, 2.24) is 4.90 Å². The molecule has 3 heteroatoms. The van der Waals surface area contributed by atoms with Crippen molar-refractivity contribution in [2.24, 2.45) is 10.8 Å². The number of carbonyl (C=O) groups is 1. The summed E-state index contributed by atoms with van der Waals surface area (Å²) in [5.41, 5.74) is 2.90. The first-order valence-corrected chi connectivity index (χ1v) is 7.24. The molecule has 2 nitrogen and oxygen atoms in total. The SMILES string of the molecule is CCN(C(=O)CCl)C1=C(C)C(C)(C)CC(C)(C)C1. The number of halogens is 1. The van der Waals surface area contributed by atoms with Crippen LogP contribution < -0.4 is 0 Å². The quantitative estimate of drug-likeness (QED) is 0.705. The number of rotatable bonds is 3. The van der Waals surface area contributed by atoms with Crippen molar-refractivity contribution in [3.63, 3.8) is 0 Å². The first-order chi connectivity index (χ1) is 8.14. The summed E-state index contributed by atoms with van der Waals surface area (Å²) < 4.78 is 0. The molecule has 1 rings (SSSR count). The highest BCUT2D eigenvalue weighted by molar-refractivity contribution is 6.27. The molecule has 0 unspecified atom stereocenters. The third-order valence-corrected chi connectivity index (χ3v) is 4.30. The standard InChI is InChI=1S/C15H26ClNO/c1-7-17(13(18)9-16)12-8-14(3,4)10-15(5,6)11(12)2/h7-10H2,1-6H3. The number of alkyl halides is 1. The Kier molecular flexibility index (Phi) is 4.53. The van der Waals surface area contributed by atoms with Crippen LogP contribution in [0.3, 0.4) is 0 Å². The molecule has 0 atom stereocenters. The summed E-state index contributed by atoms with van der Waals surface area (Å²) in [6, 6.07) is 0. The maximum absolute atomic E-state index is 12.0. The van der Waals surface area contributed by atoms with Gasteiger partial charge in [0.25, 0.3) is 0 Å². The maximum Gasteiger partial charge on any atom is 0.241 e. The zero-order valence-corrected chi connectivity index (χ0v) is 13.3. The van der Waals surface area contributed by atoms with Gasteiger partial charge in [-0.25, -0.2) is 0 Å². The van der Waals surface area contributed by atoms with Crippen molar-refractivity contribution < 1.29 is 4.79 Å². The van der Waals surface area contributed by atoms with Crippen LogP contribution >= 0.6 is 11.6 Å². The Morgan fingerprint density at radius 1 is 1.33 bits per heavy atom. The molecule has 0 saturated heterocycles. The van der Waals surface area contributed by atoms with Crippen molar-refractivity contribution >= 4 is 17.5 Å². The van der Waals surface area contributed by atoms with Crippen molar-refractivity contribution in [2.75, 3.05) is 12.4 Å². The van der Waals surface area contributed by atoms with Gasteiger partial charge in [-0.05, 0) is 43.1 Å². The molecule has 0 aliphatic heterocycles. The number of hydrogen-bond donors (Lipinski definition) is 0. The van der Waals surface area contributed by atoms with Gasteiger partial charge in [0.15, 0.2) is 0 Å². The average Bonchev–Trinajstić information content (AvgIpc) is 2.24. The molecule has 0 saturated carbocycles. The molecule has 1 amide bonds. The second-order valence-electron chi connectivity index (χ2n) is 6.74. The van der Waals surface area contributed by atoms with Gasteiger partial charge in [-0.3, -0.25) is 4.79 Å². The number of carbonyl (C=O) groups excluding carboxylic acids is 1. The van der Waals surface area contributed by atoms with Gasteiger partial charge in [-0.15, -0.1) is 11.6 Å². The second kappa shape index (κ2) is 5.24. The normalized spacial score (nSPS) is 21.9. The van der Waals surface area contributed by atoms with Gasteiger partial charge in [-0.1, -0.05) is 27.7 Å². The Morgan fingerprint density at radius 3 is 2.33 bits per heavy atom. The lowest BCUT2D eigenvalue weighted by molar-refractivity contribution is -0.127. The van der Waals surface area contributed by atoms with E-state index in [1.807, 2.05) is 11.8 Å². The molecule has 1 aliphatic carbocycles. The van der Waals surface area contributed by atoms with Crippen molar-refractivity contribution in [3.8, 4) is 0 Å². The van der Waals surface area contributed by atoms with Gasteiger partial charge >= 0.3 is 0 Å². The van der Waals surface area contributed by atoms with E-state index < -0.39 is 0 Å². The fourth-order valence-corrected chi connectivity index (χ4v) is 3.40. The van der Waals surface area contributed by atoms with E-state index in [2.05, 4.69) is 34.6 Å². The van der Waals surface area contributed by atoms with Crippen LogP contribution in [0.25, 0.3) is 0 Å². The first kappa shape index (κ1) is 15.6. The summed E-state index contributed by atoms with van der Waals surface area (Å²) in [4.78, 5) is 13.8. The predicted octanol–water partition coefficient (Wildman–Crippen LogP) is 4.19. The zero-order chi connectivity index (χ0) is 14.1. The van der Waals surface area contributed by atoms with Crippen LogP contribution in [0.2, 0.25) is 0 Å². The molecule has 18 heavy (non-hydrogen) atoms. The van der Waals surface area contributed by atoms with Gasteiger partial charge in [0, 0.05) is 12.2 Å². The van der Waals surface area contributed by atoms with Gasteiger partial charge in [-0.2, -0.15) is 0 Å². The monoisotopic (exact) mass is 271 g/mol. The number of amides is 1. The largest absolute Gasteiger partial charge is 0.315 e. The summed E-state index contributed by atoms with van der Waals surface area (Å²) in [6.07, 6.45) is 2.11. The molecule has 104 valence electrons. The molecule has 0 bridgehead atoms. The summed E-state index contributed by atoms with van der Waals surface area (Å²) >= 11 is 5.72. The van der Waals surface area contributed by atoms with Crippen LogP contribution in [0.1, 0.15) is 54.4 Å². The molecule has 0 fully saturated rings. The van der Waals surface area contributed by atoms with E-state index in [1.54, 1.807) is 0 Å². The van der Waals surface area contributed by atoms with E-state index in [4.69, 9.17) is 11.6 Å². The van der Waals surface area contributed by atoms with E-state index in [9.17, 15) is 4.79 Å². The summed E-state index contributed by atoms with van der Waals surface area (Å²) in [6.45, 7) is 14.0. The maximum atomic E-state index is 12.0. The van der Waals surface area contributed by atoms with E-state index in [1.165, 1.54) is 11.3 Å². The fraction of sp³-hybridized carbons (Fsp3) is 0.800. The van der Waals surface area contributed by atoms with E-state index in [0.717, 1.165) is 12.8 Å². The van der Waals surface area contributed by atoms with Gasteiger partial charge in [0.05, 0.1) is 0 Å². The highest BCUT2D eigenvalue weighted by Gasteiger charge is 2.39. The number of allylic oxidation sites excluding steroid dienone is 2. The minimum Gasteiger partial charge on any atom is -0.315 e. The molecule has 1 aliphatic rings. The Morgan fingerprint density at radius 2 is 1.89 bits per heavy atom. The summed E-state index contributed by atoms with van der Waals surface area (Å²) in [5.74, 6) is 0.0767. The first-order valence-electron chi connectivity index (χ1n) is 6.71. The molecule has 0 heterocycles. The van der Waals surface area contributed by atoms with E-state index >= 15 is 0 Å². The molecule has 0 aromatic carbocycles. The minimum atomic E-state index is 0.0158. The third kappa shape index (κ3) is 3.09. The number of hydrogen-bond acceptors (Lipinski definition) is 1. The number of nitrogens with zero attached hydrogens (tertiary/aromatic N) is 1. The highest BCUT2D eigenvalue weighted by Crippen LogP contribution is 2.49. The van der Waals surface area contributed by atoms with E-state index in [-0.39, 0.29) is 22.6 Å².